The topological polar surface area (TPSA) is 41.7 Å². The van der Waals surface area contributed by atoms with Crippen molar-refractivity contribution in [2.45, 2.75) is 32.2 Å². The first-order valence-corrected chi connectivity index (χ1v) is 8.91. The highest BCUT2D eigenvalue weighted by atomic mass is 16.5. The van der Waals surface area contributed by atoms with Gasteiger partial charge in [0.25, 0.3) is 0 Å². The van der Waals surface area contributed by atoms with Gasteiger partial charge in [0.1, 0.15) is 5.75 Å². The van der Waals surface area contributed by atoms with Gasteiger partial charge in [-0.25, -0.2) is 0 Å². The first-order valence-electron chi connectivity index (χ1n) is 8.91. The Hall–Kier alpha value is -1.10. The number of likely N-dealkylation sites (tertiary alicyclic amines) is 1. The second-order valence-electron chi connectivity index (χ2n) is 7.04. The van der Waals surface area contributed by atoms with Crippen molar-refractivity contribution in [3.05, 3.63) is 29.8 Å². The third-order valence-corrected chi connectivity index (χ3v) is 4.77. The normalized spacial score (nSPS) is 18.3. The van der Waals surface area contributed by atoms with Crippen LogP contribution < -0.4 is 10.5 Å². The van der Waals surface area contributed by atoms with Crippen LogP contribution in [0.1, 0.15) is 37.8 Å². The van der Waals surface area contributed by atoms with Gasteiger partial charge < -0.3 is 15.4 Å². The minimum Gasteiger partial charge on any atom is -0.494 e. The maximum atomic E-state index is 6.06. The molecule has 0 spiro atoms. The van der Waals surface area contributed by atoms with E-state index in [1.54, 1.807) is 0 Å². The number of hydrogen-bond acceptors (Lipinski definition) is 4. The van der Waals surface area contributed by atoms with E-state index in [0.717, 1.165) is 44.3 Å². The molecule has 1 fully saturated rings. The molecule has 0 bridgehead atoms. The molecular weight excluding hydrogens is 286 g/mol. The molecule has 0 aromatic heterocycles. The molecule has 0 amide bonds. The Balaban J connectivity index is 1.86. The van der Waals surface area contributed by atoms with E-state index in [1.165, 1.54) is 18.4 Å². The van der Waals surface area contributed by atoms with Gasteiger partial charge in [-0.1, -0.05) is 19.1 Å². The molecule has 1 saturated heterocycles. The second kappa shape index (κ2) is 9.26. The van der Waals surface area contributed by atoms with Crippen molar-refractivity contribution in [2.24, 2.45) is 11.7 Å². The highest BCUT2D eigenvalue weighted by Crippen LogP contribution is 2.27. The SMILES string of the molecule is CC1CCN(C(CN)c2ccc(OCCCN(C)C)cc2)CC1. The number of nitrogens with two attached hydrogens (primary N) is 1. The molecule has 0 aliphatic carbocycles. The summed E-state index contributed by atoms with van der Waals surface area (Å²) in [5, 5.41) is 0. The standard InChI is InChI=1S/C19H33N3O/c1-16-9-12-22(13-10-16)19(15-20)17-5-7-18(8-6-17)23-14-4-11-21(2)3/h5-8,16,19H,4,9-15,20H2,1-3H3. The van der Waals surface area contributed by atoms with E-state index in [1.807, 2.05) is 0 Å². The summed E-state index contributed by atoms with van der Waals surface area (Å²) in [5.41, 5.74) is 7.37. The van der Waals surface area contributed by atoms with Crippen LogP contribution in [0.5, 0.6) is 5.75 Å². The average Bonchev–Trinajstić information content (AvgIpc) is 2.55. The van der Waals surface area contributed by atoms with Gasteiger partial charge in [-0.2, -0.15) is 0 Å². The lowest BCUT2D eigenvalue weighted by atomic mass is 9.96. The molecule has 1 unspecified atom stereocenters. The van der Waals surface area contributed by atoms with Gasteiger partial charge in [0.05, 0.1) is 6.61 Å². The highest BCUT2D eigenvalue weighted by molar-refractivity contribution is 5.29. The summed E-state index contributed by atoms with van der Waals surface area (Å²) in [6.07, 6.45) is 3.61. The summed E-state index contributed by atoms with van der Waals surface area (Å²) in [5.74, 6) is 1.80. The fourth-order valence-corrected chi connectivity index (χ4v) is 3.19. The molecule has 23 heavy (non-hydrogen) atoms. The molecule has 2 rings (SSSR count). The largest absolute Gasteiger partial charge is 0.494 e. The fourth-order valence-electron chi connectivity index (χ4n) is 3.19. The molecule has 0 radical (unpaired) electrons. The number of nitrogens with zero attached hydrogens (tertiary/aromatic N) is 2. The summed E-state index contributed by atoms with van der Waals surface area (Å²) in [6.45, 7) is 7.16. The summed E-state index contributed by atoms with van der Waals surface area (Å²) < 4.78 is 5.81. The first-order chi connectivity index (χ1) is 11.1. The van der Waals surface area contributed by atoms with Crippen LogP contribution in [-0.2, 0) is 0 Å². The molecule has 1 heterocycles. The van der Waals surface area contributed by atoms with Crippen LogP contribution in [0.25, 0.3) is 0 Å². The molecule has 1 aromatic rings. The molecule has 130 valence electrons. The van der Waals surface area contributed by atoms with Gasteiger partial charge in [-0.05, 0) is 70.1 Å². The minimum absolute atomic E-state index is 0.338. The summed E-state index contributed by atoms with van der Waals surface area (Å²) in [7, 11) is 4.17. The molecule has 4 heteroatoms. The van der Waals surface area contributed by atoms with Crippen LogP contribution in [-0.4, -0.2) is 56.7 Å². The van der Waals surface area contributed by atoms with E-state index >= 15 is 0 Å². The zero-order chi connectivity index (χ0) is 16.7. The van der Waals surface area contributed by atoms with Gasteiger partial charge in [0.15, 0.2) is 0 Å². The highest BCUT2D eigenvalue weighted by Gasteiger charge is 2.23. The van der Waals surface area contributed by atoms with Crippen LogP contribution in [0, 0.1) is 5.92 Å². The molecule has 1 aliphatic heterocycles. The third-order valence-electron chi connectivity index (χ3n) is 4.77. The zero-order valence-electron chi connectivity index (χ0n) is 15.0. The summed E-state index contributed by atoms with van der Waals surface area (Å²) >= 11 is 0. The summed E-state index contributed by atoms with van der Waals surface area (Å²) in [6, 6.07) is 8.86. The lowest BCUT2D eigenvalue weighted by molar-refractivity contribution is 0.141. The number of rotatable bonds is 8. The zero-order valence-corrected chi connectivity index (χ0v) is 15.0. The van der Waals surface area contributed by atoms with Crippen molar-refractivity contribution in [3.8, 4) is 5.75 Å². The Kier molecular flexibility index (Phi) is 7.34. The monoisotopic (exact) mass is 319 g/mol. The molecule has 1 aromatic carbocycles. The predicted molar refractivity (Wildman–Crippen MR) is 96.9 cm³/mol. The Bertz CT molecular complexity index is 438. The Morgan fingerprint density at radius 2 is 1.87 bits per heavy atom. The minimum atomic E-state index is 0.338. The van der Waals surface area contributed by atoms with Crippen LogP contribution >= 0.6 is 0 Å². The van der Waals surface area contributed by atoms with Crippen molar-refractivity contribution in [1.82, 2.24) is 9.80 Å². The number of benzene rings is 1. The van der Waals surface area contributed by atoms with Crippen LogP contribution in [0.4, 0.5) is 0 Å². The lowest BCUT2D eigenvalue weighted by Crippen LogP contribution is -2.39. The van der Waals surface area contributed by atoms with Crippen molar-refractivity contribution in [3.63, 3.8) is 0 Å². The predicted octanol–water partition coefficient (Wildman–Crippen LogP) is 2.75. The van der Waals surface area contributed by atoms with Crippen molar-refractivity contribution in [2.75, 3.05) is 46.9 Å². The van der Waals surface area contributed by atoms with E-state index < -0.39 is 0 Å². The molecule has 0 saturated carbocycles. The van der Waals surface area contributed by atoms with Gasteiger partial charge in [-0.3, -0.25) is 4.90 Å². The van der Waals surface area contributed by atoms with Crippen molar-refractivity contribution >= 4 is 0 Å². The molecule has 4 nitrogen and oxygen atoms in total. The smallest absolute Gasteiger partial charge is 0.119 e. The van der Waals surface area contributed by atoms with Gasteiger partial charge in [0.2, 0.25) is 0 Å². The molecular formula is C19H33N3O. The Labute approximate surface area is 141 Å². The quantitative estimate of drug-likeness (QED) is 0.748. The van der Waals surface area contributed by atoms with E-state index in [-0.39, 0.29) is 0 Å². The first kappa shape index (κ1) is 18.2. The summed E-state index contributed by atoms with van der Waals surface area (Å²) in [4.78, 5) is 4.71. The second-order valence-corrected chi connectivity index (χ2v) is 7.04. The fraction of sp³-hybridized carbons (Fsp3) is 0.684. The van der Waals surface area contributed by atoms with E-state index in [2.05, 4.69) is 55.1 Å². The van der Waals surface area contributed by atoms with E-state index in [0.29, 0.717) is 12.6 Å². The van der Waals surface area contributed by atoms with Gasteiger partial charge >= 0.3 is 0 Å². The Morgan fingerprint density at radius 3 is 2.43 bits per heavy atom. The van der Waals surface area contributed by atoms with Crippen LogP contribution in [0.15, 0.2) is 24.3 Å². The number of hydrogen-bond donors (Lipinski definition) is 1. The lowest BCUT2D eigenvalue weighted by Gasteiger charge is -2.36. The third kappa shape index (κ3) is 5.79. The van der Waals surface area contributed by atoms with Crippen LogP contribution in [0.2, 0.25) is 0 Å². The molecule has 2 N–H and O–H groups in total. The van der Waals surface area contributed by atoms with Crippen molar-refractivity contribution in [1.29, 1.82) is 0 Å². The van der Waals surface area contributed by atoms with E-state index in [9.17, 15) is 0 Å². The maximum Gasteiger partial charge on any atom is 0.119 e. The van der Waals surface area contributed by atoms with Crippen molar-refractivity contribution < 1.29 is 4.74 Å². The molecule has 1 aliphatic rings. The average molecular weight is 319 g/mol. The maximum absolute atomic E-state index is 6.06. The Morgan fingerprint density at radius 1 is 1.22 bits per heavy atom. The van der Waals surface area contributed by atoms with Crippen LogP contribution in [0.3, 0.4) is 0 Å². The van der Waals surface area contributed by atoms with E-state index in [4.69, 9.17) is 10.5 Å². The number of ether oxygens (including phenoxy) is 1. The van der Waals surface area contributed by atoms with Gasteiger partial charge in [-0.15, -0.1) is 0 Å². The number of piperidine rings is 1. The van der Waals surface area contributed by atoms with Gasteiger partial charge in [0, 0.05) is 19.1 Å². The molecule has 1 atom stereocenters.